The lowest BCUT2D eigenvalue weighted by Gasteiger charge is -2.10. The van der Waals surface area contributed by atoms with E-state index in [0.717, 1.165) is 28.0 Å². The molecule has 2 aromatic carbocycles. The van der Waals surface area contributed by atoms with Crippen LogP contribution in [-0.2, 0) is 6.54 Å². The maximum Gasteiger partial charge on any atom is 0.163 e. The molecule has 24 heavy (non-hydrogen) atoms. The summed E-state index contributed by atoms with van der Waals surface area (Å²) >= 11 is 0. The quantitative estimate of drug-likeness (QED) is 0.714. The molecule has 5 nitrogen and oxygen atoms in total. The normalized spacial score (nSPS) is 10.6. The van der Waals surface area contributed by atoms with Crippen LogP contribution < -0.4 is 9.47 Å². The van der Waals surface area contributed by atoms with Crippen molar-refractivity contribution in [3.05, 3.63) is 42.0 Å². The third-order valence-corrected chi connectivity index (χ3v) is 4.09. The molecule has 1 heterocycles. The van der Waals surface area contributed by atoms with Gasteiger partial charge in [0.15, 0.2) is 11.5 Å². The van der Waals surface area contributed by atoms with Gasteiger partial charge in [-0.1, -0.05) is 24.3 Å². The summed E-state index contributed by atoms with van der Waals surface area (Å²) in [4.78, 5) is 4.80. The smallest absolute Gasteiger partial charge is 0.163 e. The number of fused-ring (bicyclic) bond motifs is 1. The summed E-state index contributed by atoms with van der Waals surface area (Å²) in [7, 11) is 3.22. The molecule has 0 saturated carbocycles. The van der Waals surface area contributed by atoms with Crippen LogP contribution in [-0.4, -0.2) is 23.8 Å². The SMILES string of the molecule is COc1cc2nc(-c3ccccc3C)n(CCC#N)c2cc1OC. The average molecular weight is 321 g/mol. The number of ether oxygens (including phenoxy) is 2. The van der Waals surface area contributed by atoms with E-state index < -0.39 is 0 Å². The van der Waals surface area contributed by atoms with Crippen molar-refractivity contribution < 1.29 is 9.47 Å². The predicted octanol–water partition coefficient (Wildman–Crippen LogP) is 3.94. The van der Waals surface area contributed by atoms with E-state index in [1.54, 1.807) is 14.2 Å². The zero-order valence-corrected chi connectivity index (χ0v) is 14.0. The summed E-state index contributed by atoms with van der Waals surface area (Å²) < 4.78 is 12.9. The molecule has 122 valence electrons. The molecular weight excluding hydrogens is 302 g/mol. The Labute approximate surface area is 141 Å². The van der Waals surface area contributed by atoms with Crippen molar-refractivity contribution in [3.63, 3.8) is 0 Å². The van der Waals surface area contributed by atoms with Gasteiger partial charge in [0.05, 0.1) is 37.7 Å². The minimum atomic E-state index is 0.415. The molecule has 0 bridgehead atoms. The van der Waals surface area contributed by atoms with Crippen molar-refractivity contribution in [1.82, 2.24) is 9.55 Å². The first kappa shape index (κ1) is 15.9. The highest BCUT2D eigenvalue weighted by Gasteiger charge is 2.17. The fraction of sp³-hybridized carbons (Fsp3) is 0.263. The zero-order chi connectivity index (χ0) is 17.1. The van der Waals surface area contributed by atoms with Crippen LogP contribution in [0.15, 0.2) is 36.4 Å². The highest BCUT2D eigenvalue weighted by Crippen LogP contribution is 2.35. The molecule has 3 aromatic rings. The van der Waals surface area contributed by atoms with Crippen LogP contribution in [0.2, 0.25) is 0 Å². The van der Waals surface area contributed by atoms with E-state index in [-0.39, 0.29) is 0 Å². The number of rotatable bonds is 5. The molecule has 5 heteroatoms. The van der Waals surface area contributed by atoms with Gasteiger partial charge in [0, 0.05) is 24.2 Å². The predicted molar refractivity (Wildman–Crippen MR) is 93.2 cm³/mol. The zero-order valence-electron chi connectivity index (χ0n) is 14.0. The number of aromatic nitrogens is 2. The van der Waals surface area contributed by atoms with Crippen molar-refractivity contribution in [2.45, 2.75) is 19.9 Å². The van der Waals surface area contributed by atoms with Crippen molar-refractivity contribution in [1.29, 1.82) is 5.26 Å². The van der Waals surface area contributed by atoms with Crippen molar-refractivity contribution in [2.24, 2.45) is 0 Å². The van der Waals surface area contributed by atoms with E-state index >= 15 is 0 Å². The summed E-state index contributed by atoms with van der Waals surface area (Å²) in [5, 5.41) is 9.01. The largest absolute Gasteiger partial charge is 0.493 e. The van der Waals surface area contributed by atoms with Gasteiger partial charge in [-0.15, -0.1) is 0 Å². The second kappa shape index (κ2) is 6.63. The van der Waals surface area contributed by atoms with Crippen LogP contribution in [0.5, 0.6) is 11.5 Å². The van der Waals surface area contributed by atoms with Gasteiger partial charge in [-0.3, -0.25) is 0 Å². The highest BCUT2D eigenvalue weighted by atomic mass is 16.5. The van der Waals surface area contributed by atoms with Gasteiger partial charge in [0.1, 0.15) is 5.82 Å². The van der Waals surface area contributed by atoms with E-state index in [2.05, 4.69) is 23.6 Å². The first-order valence-corrected chi connectivity index (χ1v) is 7.74. The van der Waals surface area contributed by atoms with Crippen LogP contribution >= 0.6 is 0 Å². The van der Waals surface area contributed by atoms with Gasteiger partial charge < -0.3 is 14.0 Å². The molecule has 0 unspecified atom stereocenters. The first-order valence-electron chi connectivity index (χ1n) is 7.74. The Balaban J connectivity index is 2.28. The molecule has 0 spiro atoms. The first-order chi connectivity index (χ1) is 11.7. The minimum Gasteiger partial charge on any atom is -0.493 e. The Morgan fingerprint density at radius 3 is 2.50 bits per heavy atom. The number of nitriles is 1. The molecule has 0 atom stereocenters. The number of nitrogens with zero attached hydrogens (tertiary/aromatic N) is 3. The topological polar surface area (TPSA) is 60.1 Å². The number of methoxy groups -OCH3 is 2. The van der Waals surface area contributed by atoms with Crippen LogP contribution in [0.3, 0.4) is 0 Å². The van der Waals surface area contributed by atoms with Crippen molar-refractivity contribution >= 4 is 11.0 Å². The van der Waals surface area contributed by atoms with Crippen molar-refractivity contribution in [3.8, 4) is 29.0 Å². The molecule has 0 N–H and O–H groups in total. The van der Waals surface area contributed by atoms with E-state index in [1.807, 2.05) is 30.3 Å². The van der Waals surface area contributed by atoms with Crippen LogP contribution in [0, 0.1) is 18.3 Å². The van der Waals surface area contributed by atoms with E-state index in [9.17, 15) is 0 Å². The molecular formula is C19H19N3O2. The number of aryl methyl sites for hydroxylation is 2. The van der Waals surface area contributed by atoms with Crippen LogP contribution in [0.25, 0.3) is 22.4 Å². The number of benzene rings is 2. The lowest BCUT2D eigenvalue weighted by Crippen LogP contribution is -2.01. The summed E-state index contributed by atoms with van der Waals surface area (Å²) in [6.07, 6.45) is 0.415. The Hall–Kier alpha value is -3.00. The van der Waals surface area contributed by atoms with Gasteiger partial charge in [-0.05, 0) is 12.5 Å². The van der Waals surface area contributed by atoms with E-state index in [1.165, 1.54) is 0 Å². The fourth-order valence-electron chi connectivity index (χ4n) is 2.87. The second-order valence-electron chi connectivity index (χ2n) is 5.51. The molecule has 0 aliphatic carbocycles. The molecule has 1 aromatic heterocycles. The van der Waals surface area contributed by atoms with Crippen LogP contribution in [0.1, 0.15) is 12.0 Å². The molecule has 0 radical (unpaired) electrons. The minimum absolute atomic E-state index is 0.415. The lowest BCUT2D eigenvalue weighted by atomic mass is 10.1. The monoisotopic (exact) mass is 321 g/mol. The van der Waals surface area contributed by atoms with Gasteiger partial charge in [0.2, 0.25) is 0 Å². The summed E-state index contributed by atoms with van der Waals surface area (Å²) in [5.74, 6) is 2.15. The molecule has 3 rings (SSSR count). The third-order valence-electron chi connectivity index (χ3n) is 4.09. The Bertz CT molecular complexity index is 922. The third kappa shape index (κ3) is 2.67. The average Bonchev–Trinajstić information content (AvgIpc) is 2.96. The molecule has 0 fully saturated rings. The summed E-state index contributed by atoms with van der Waals surface area (Å²) in [5.41, 5.74) is 3.96. The Kier molecular flexibility index (Phi) is 4.39. The highest BCUT2D eigenvalue weighted by molar-refractivity contribution is 5.84. The maximum atomic E-state index is 9.01. The van der Waals surface area contributed by atoms with Gasteiger partial charge >= 0.3 is 0 Å². The van der Waals surface area contributed by atoms with Gasteiger partial charge in [0.25, 0.3) is 0 Å². The van der Waals surface area contributed by atoms with Crippen molar-refractivity contribution in [2.75, 3.05) is 14.2 Å². The fourth-order valence-corrected chi connectivity index (χ4v) is 2.87. The number of imidazole rings is 1. The summed E-state index contributed by atoms with van der Waals surface area (Å²) in [6, 6.07) is 14.1. The van der Waals surface area contributed by atoms with Gasteiger partial charge in [-0.25, -0.2) is 4.98 Å². The lowest BCUT2D eigenvalue weighted by molar-refractivity contribution is 0.355. The summed E-state index contributed by atoms with van der Waals surface area (Å²) in [6.45, 7) is 2.64. The number of hydrogen-bond donors (Lipinski definition) is 0. The van der Waals surface area contributed by atoms with E-state index in [0.29, 0.717) is 24.5 Å². The standard InChI is InChI=1S/C19H19N3O2/c1-13-7-4-5-8-14(13)19-21-15-11-17(23-2)18(24-3)12-16(15)22(19)10-6-9-20/h4-5,7-8,11-12H,6,10H2,1-3H3. The molecule has 0 amide bonds. The molecule has 0 aliphatic rings. The van der Waals surface area contributed by atoms with Gasteiger partial charge in [-0.2, -0.15) is 5.26 Å². The molecule has 0 aliphatic heterocycles. The van der Waals surface area contributed by atoms with Crippen LogP contribution in [0.4, 0.5) is 0 Å². The van der Waals surface area contributed by atoms with E-state index in [4.69, 9.17) is 19.7 Å². The number of hydrogen-bond acceptors (Lipinski definition) is 4. The Morgan fingerprint density at radius 2 is 1.83 bits per heavy atom. The Morgan fingerprint density at radius 1 is 1.12 bits per heavy atom. The molecule has 0 saturated heterocycles. The second-order valence-corrected chi connectivity index (χ2v) is 5.51. The maximum absolute atomic E-state index is 9.01.